The highest BCUT2D eigenvalue weighted by atomic mass is 14.1. The summed E-state index contributed by atoms with van der Waals surface area (Å²) in [4.78, 5) is 0. The van der Waals surface area contributed by atoms with E-state index in [2.05, 4.69) is 60.7 Å². The van der Waals surface area contributed by atoms with Crippen molar-refractivity contribution in [2.45, 2.75) is 6.42 Å². The van der Waals surface area contributed by atoms with Crippen LogP contribution in [-0.4, -0.2) is 0 Å². The Balaban J connectivity index is 2.30. The third kappa shape index (κ3) is 1.18. The molecule has 2 aliphatic rings. The third-order valence-electron chi connectivity index (χ3n) is 3.63. The van der Waals surface area contributed by atoms with E-state index in [1.165, 1.54) is 32.0 Å². The topological polar surface area (TPSA) is 0 Å². The molecular weight excluding hydrogens is 204 g/mol. The maximum Gasteiger partial charge on any atom is -0.00932 e. The Labute approximate surface area is 99.5 Å². The minimum Gasteiger partial charge on any atom is -0.0801 e. The molecule has 0 saturated carbocycles. The van der Waals surface area contributed by atoms with Gasteiger partial charge >= 0.3 is 0 Å². The first-order chi connectivity index (χ1) is 8.43. The quantitative estimate of drug-likeness (QED) is 0.541. The van der Waals surface area contributed by atoms with Crippen molar-refractivity contribution in [3.8, 4) is 0 Å². The number of benzene rings is 2. The number of allylic oxidation sites excluding steroid dienone is 1. The molecule has 0 radical (unpaired) electrons. The van der Waals surface area contributed by atoms with E-state index in [4.69, 9.17) is 0 Å². The largest absolute Gasteiger partial charge is 0.0801 e. The Bertz CT molecular complexity index is 852. The monoisotopic (exact) mass is 216 g/mol. The molecular formula is C17H12. The van der Waals surface area contributed by atoms with Gasteiger partial charge in [0, 0.05) is 0 Å². The lowest BCUT2D eigenvalue weighted by atomic mass is 9.99. The summed E-state index contributed by atoms with van der Waals surface area (Å²) < 4.78 is 0. The van der Waals surface area contributed by atoms with Crippen molar-refractivity contribution in [2.75, 3.05) is 0 Å². The van der Waals surface area contributed by atoms with Gasteiger partial charge in [0.25, 0.3) is 0 Å². The van der Waals surface area contributed by atoms with Crippen molar-refractivity contribution in [3.63, 3.8) is 0 Å². The summed E-state index contributed by atoms with van der Waals surface area (Å²) >= 11 is 0. The molecule has 17 heavy (non-hydrogen) atoms. The Morgan fingerprint density at radius 2 is 1.71 bits per heavy atom. The number of fused-ring (bicyclic) bond motifs is 4. The Morgan fingerprint density at radius 3 is 2.71 bits per heavy atom. The summed E-state index contributed by atoms with van der Waals surface area (Å²) in [6, 6.07) is 13.1. The van der Waals surface area contributed by atoms with Crippen molar-refractivity contribution < 1.29 is 0 Å². The zero-order valence-electron chi connectivity index (χ0n) is 9.48. The lowest BCUT2D eigenvalue weighted by Crippen LogP contribution is -2.09. The maximum absolute atomic E-state index is 2.31. The highest BCUT2D eigenvalue weighted by Gasteiger charge is 2.07. The molecule has 0 saturated heterocycles. The zero-order valence-corrected chi connectivity index (χ0v) is 9.48. The van der Waals surface area contributed by atoms with Crippen LogP contribution in [0.4, 0.5) is 0 Å². The summed E-state index contributed by atoms with van der Waals surface area (Å²) in [6.45, 7) is 0. The molecule has 2 aromatic rings. The zero-order chi connectivity index (χ0) is 11.2. The molecule has 0 aliphatic heterocycles. The molecule has 0 spiro atoms. The Hall–Kier alpha value is -2.08. The maximum atomic E-state index is 2.31. The van der Waals surface area contributed by atoms with Gasteiger partial charge in [-0.15, -0.1) is 0 Å². The lowest BCUT2D eigenvalue weighted by Gasteiger charge is -2.05. The molecule has 0 heterocycles. The van der Waals surface area contributed by atoms with Crippen LogP contribution in [0.25, 0.3) is 18.2 Å². The van der Waals surface area contributed by atoms with Gasteiger partial charge in [-0.25, -0.2) is 0 Å². The number of hydrogen-bond donors (Lipinski definition) is 0. The Morgan fingerprint density at radius 1 is 0.765 bits per heavy atom. The van der Waals surface area contributed by atoms with Gasteiger partial charge in [-0.1, -0.05) is 54.6 Å². The van der Waals surface area contributed by atoms with Crippen LogP contribution in [0, 0.1) is 10.4 Å². The molecule has 0 nitrogen and oxygen atoms in total. The molecule has 0 unspecified atom stereocenters. The van der Waals surface area contributed by atoms with Gasteiger partial charge < -0.3 is 0 Å². The fourth-order valence-corrected chi connectivity index (χ4v) is 2.81. The first kappa shape index (κ1) is 9.00. The van der Waals surface area contributed by atoms with Crippen LogP contribution in [-0.2, 0) is 0 Å². The van der Waals surface area contributed by atoms with E-state index in [1.54, 1.807) is 0 Å². The molecule has 4 rings (SSSR count). The lowest BCUT2D eigenvalue weighted by molar-refractivity contribution is 1.38. The summed E-state index contributed by atoms with van der Waals surface area (Å²) in [5, 5.41) is 5.45. The van der Waals surface area contributed by atoms with Crippen LogP contribution in [0.15, 0.2) is 42.5 Å². The van der Waals surface area contributed by atoms with E-state index in [1.807, 2.05) is 0 Å². The second-order valence-electron chi connectivity index (χ2n) is 4.60. The molecule has 0 fully saturated rings. The number of rotatable bonds is 0. The fourth-order valence-electron chi connectivity index (χ4n) is 2.81. The average Bonchev–Trinajstić information content (AvgIpc) is 2.78. The van der Waals surface area contributed by atoms with Crippen LogP contribution in [0.5, 0.6) is 0 Å². The van der Waals surface area contributed by atoms with Crippen molar-refractivity contribution >= 4 is 18.2 Å². The molecule has 0 N–H and O–H groups in total. The van der Waals surface area contributed by atoms with Crippen molar-refractivity contribution in [1.82, 2.24) is 0 Å². The molecule has 0 atom stereocenters. The van der Waals surface area contributed by atoms with Crippen molar-refractivity contribution in [2.24, 2.45) is 0 Å². The molecule has 2 aromatic carbocycles. The van der Waals surface area contributed by atoms with Crippen molar-refractivity contribution in [1.29, 1.82) is 0 Å². The standard InChI is InChI=1S/C17H12/c1-3-7-14-12(5-1)9-10-16-15-8-4-2-6-13(15)11-17(14)16/h2-11H,1H2. The van der Waals surface area contributed by atoms with Gasteiger partial charge in [0.05, 0.1) is 0 Å². The van der Waals surface area contributed by atoms with Crippen LogP contribution in [0.2, 0.25) is 0 Å². The van der Waals surface area contributed by atoms with E-state index in [9.17, 15) is 0 Å². The number of hydrogen-bond acceptors (Lipinski definition) is 0. The van der Waals surface area contributed by atoms with Gasteiger partial charge in [-0.2, -0.15) is 0 Å². The third-order valence-corrected chi connectivity index (χ3v) is 3.63. The molecule has 2 aliphatic carbocycles. The SMILES string of the molecule is C1=Cc2c3c(ccc2=CC1)=c1ccccc1=C3. The van der Waals surface area contributed by atoms with Gasteiger partial charge in [0.1, 0.15) is 0 Å². The van der Waals surface area contributed by atoms with Gasteiger partial charge in [-0.05, 0) is 44.5 Å². The first-order valence-electron chi connectivity index (χ1n) is 6.04. The molecule has 0 aromatic heterocycles. The van der Waals surface area contributed by atoms with Gasteiger partial charge in [0.2, 0.25) is 0 Å². The molecule has 0 amide bonds. The Kier molecular flexibility index (Phi) is 1.70. The average molecular weight is 216 g/mol. The van der Waals surface area contributed by atoms with Gasteiger partial charge in [0.15, 0.2) is 0 Å². The summed E-state index contributed by atoms with van der Waals surface area (Å²) in [5.74, 6) is 0. The predicted octanol–water partition coefficient (Wildman–Crippen LogP) is 2.31. The van der Waals surface area contributed by atoms with Gasteiger partial charge in [-0.3, -0.25) is 0 Å². The summed E-state index contributed by atoms with van der Waals surface area (Å²) in [7, 11) is 0. The predicted molar refractivity (Wildman–Crippen MR) is 71.5 cm³/mol. The summed E-state index contributed by atoms with van der Waals surface area (Å²) in [5.41, 5.74) is 2.76. The van der Waals surface area contributed by atoms with E-state index in [0.717, 1.165) is 6.42 Å². The van der Waals surface area contributed by atoms with E-state index < -0.39 is 0 Å². The van der Waals surface area contributed by atoms with E-state index in [-0.39, 0.29) is 0 Å². The minimum absolute atomic E-state index is 1.05. The fraction of sp³-hybridized carbons (Fsp3) is 0.0588. The normalized spacial score (nSPS) is 14.4. The highest BCUT2D eigenvalue weighted by Crippen LogP contribution is 2.16. The van der Waals surface area contributed by atoms with Crippen LogP contribution >= 0.6 is 0 Å². The second-order valence-corrected chi connectivity index (χ2v) is 4.60. The van der Waals surface area contributed by atoms with E-state index in [0.29, 0.717) is 0 Å². The van der Waals surface area contributed by atoms with E-state index >= 15 is 0 Å². The molecule has 0 heteroatoms. The van der Waals surface area contributed by atoms with Crippen LogP contribution in [0.1, 0.15) is 17.5 Å². The second kappa shape index (κ2) is 3.21. The minimum atomic E-state index is 1.05. The highest BCUT2D eigenvalue weighted by molar-refractivity contribution is 5.71. The van der Waals surface area contributed by atoms with Crippen LogP contribution in [0.3, 0.4) is 0 Å². The molecule has 0 bridgehead atoms. The smallest absolute Gasteiger partial charge is 0.00932 e. The first-order valence-corrected chi connectivity index (χ1v) is 6.04. The van der Waals surface area contributed by atoms with Crippen LogP contribution < -0.4 is 10.4 Å². The molecule has 80 valence electrons. The van der Waals surface area contributed by atoms with Crippen molar-refractivity contribution in [3.05, 3.63) is 74.5 Å². The summed E-state index contributed by atoms with van der Waals surface area (Å²) in [6.07, 6.45) is 10.2.